The standard InChI is InChI=1S/C29H37NO6/c1-27(2,3)36-26(31)30-29(19-34-28(4,5)35-20-29)15-9-12-22-18-33-25-16-23(13-14-24(22)25)32-17-21-10-7-6-8-11-21/h6-8,10-11,13-14,16,18H,9,12,15,17,19-20H2,1-5H3,(H,30,31). The highest BCUT2D eigenvalue weighted by Crippen LogP contribution is 2.30. The zero-order chi connectivity index (χ0) is 25.8. The summed E-state index contributed by atoms with van der Waals surface area (Å²) in [5.41, 5.74) is 1.79. The molecule has 1 aliphatic rings. The van der Waals surface area contributed by atoms with Gasteiger partial charge in [-0.15, -0.1) is 0 Å². The molecule has 0 unspecified atom stereocenters. The number of carbonyl (C=O) groups is 1. The Bertz CT molecular complexity index is 1150. The average molecular weight is 496 g/mol. The lowest BCUT2D eigenvalue weighted by atomic mass is 9.91. The van der Waals surface area contributed by atoms with E-state index in [0.29, 0.717) is 26.2 Å². The number of furan rings is 1. The largest absolute Gasteiger partial charge is 0.489 e. The quantitative estimate of drug-likeness (QED) is 0.391. The molecule has 1 N–H and O–H groups in total. The topological polar surface area (TPSA) is 79.2 Å². The molecule has 0 saturated carbocycles. The molecule has 1 aliphatic heterocycles. The fraction of sp³-hybridized carbons (Fsp3) is 0.483. The van der Waals surface area contributed by atoms with Crippen LogP contribution in [0.2, 0.25) is 0 Å². The normalized spacial score (nSPS) is 17.0. The highest BCUT2D eigenvalue weighted by molar-refractivity contribution is 5.82. The molecular weight excluding hydrogens is 458 g/mol. The predicted octanol–water partition coefficient (Wildman–Crippen LogP) is 6.38. The average Bonchev–Trinajstić information content (AvgIpc) is 3.21. The van der Waals surface area contributed by atoms with Crippen LogP contribution in [-0.2, 0) is 27.2 Å². The van der Waals surface area contributed by atoms with E-state index < -0.39 is 23.0 Å². The Morgan fingerprint density at radius 2 is 1.78 bits per heavy atom. The molecule has 1 aromatic heterocycles. The number of alkyl carbamates (subject to hydrolysis) is 1. The van der Waals surface area contributed by atoms with Crippen molar-refractivity contribution in [1.82, 2.24) is 5.32 Å². The van der Waals surface area contributed by atoms with E-state index in [1.807, 2.05) is 83.1 Å². The number of rotatable bonds is 8. The molecule has 7 nitrogen and oxygen atoms in total. The van der Waals surface area contributed by atoms with Crippen molar-refractivity contribution in [3.05, 3.63) is 65.9 Å². The van der Waals surface area contributed by atoms with E-state index in [1.54, 1.807) is 6.26 Å². The first kappa shape index (κ1) is 26.0. The monoisotopic (exact) mass is 495 g/mol. The van der Waals surface area contributed by atoms with Gasteiger partial charge in [-0.3, -0.25) is 0 Å². The summed E-state index contributed by atoms with van der Waals surface area (Å²) >= 11 is 0. The number of hydrogen-bond donors (Lipinski definition) is 1. The minimum absolute atomic E-state index is 0.355. The Labute approximate surface area is 213 Å². The number of nitrogens with one attached hydrogen (secondary N) is 1. The Morgan fingerprint density at radius 3 is 2.47 bits per heavy atom. The molecule has 3 aromatic rings. The second-order valence-corrected chi connectivity index (χ2v) is 10.9. The summed E-state index contributed by atoms with van der Waals surface area (Å²) in [6.07, 6.45) is 3.61. The van der Waals surface area contributed by atoms with Crippen LogP contribution in [-0.4, -0.2) is 36.2 Å². The van der Waals surface area contributed by atoms with Gasteiger partial charge in [-0.1, -0.05) is 30.3 Å². The van der Waals surface area contributed by atoms with Crippen LogP contribution in [0, 0.1) is 0 Å². The molecule has 0 aliphatic carbocycles. The third-order valence-corrected chi connectivity index (χ3v) is 6.14. The molecule has 1 fully saturated rings. The molecule has 0 bridgehead atoms. The summed E-state index contributed by atoms with van der Waals surface area (Å²) in [6.45, 7) is 10.5. The van der Waals surface area contributed by atoms with Crippen molar-refractivity contribution in [1.29, 1.82) is 0 Å². The summed E-state index contributed by atoms with van der Waals surface area (Å²) in [5.74, 6) is 0.0899. The van der Waals surface area contributed by atoms with E-state index in [9.17, 15) is 4.79 Å². The zero-order valence-electron chi connectivity index (χ0n) is 21.9. The van der Waals surface area contributed by atoms with Crippen LogP contribution in [0.3, 0.4) is 0 Å². The molecule has 0 atom stereocenters. The number of fused-ring (bicyclic) bond motifs is 1. The molecule has 1 amide bonds. The van der Waals surface area contributed by atoms with Gasteiger partial charge < -0.3 is 28.7 Å². The first-order valence-corrected chi connectivity index (χ1v) is 12.5. The maximum absolute atomic E-state index is 12.6. The van der Waals surface area contributed by atoms with Gasteiger partial charge in [0, 0.05) is 11.5 Å². The second kappa shape index (κ2) is 10.5. The van der Waals surface area contributed by atoms with Gasteiger partial charge in [-0.2, -0.15) is 0 Å². The molecular formula is C29H37NO6. The first-order chi connectivity index (χ1) is 17.0. The first-order valence-electron chi connectivity index (χ1n) is 12.5. The van der Waals surface area contributed by atoms with Gasteiger partial charge in [-0.25, -0.2) is 4.79 Å². The van der Waals surface area contributed by atoms with Crippen molar-refractivity contribution in [3.8, 4) is 5.75 Å². The summed E-state index contributed by atoms with van der Waals surface area (Å²) in [6, 6.07) is 16.0. The summed E-state index contributed by atoms with van der Waals surface area (Å²) in [4.78, 5) is 12.6. The van der Waals surface area contributed by atoms with Gasteiger partial charge in [0.2, 0.25) is 0 Å². The van der Waals surface area contributed by atoms with Crippen LogP contribution in [0.25, 0.3) is 11.0 Å². The van der Waals surface area contributed by atoms with Crippen LogP contribution < -0.4 is 10.1 Å². The summed E-state index contributed by atoms with van der Waals surface area (Å²) < 4.78 is 29.1. The van der Waals surface area contributed by atoms with Gasteiger partial charge in [0.15, 0.2) is 5.79 Å². The fourth-order valence-electron chi connectivity index (χ4n) is 4.21. The van der Waals surface area contributed by atoms with Crippen molar-refractivity contribution in [2.24, 2.45) is 0 Å². The number of aryl methyl sites for hydroxylation is 1. The lowest BCUT2D eigenvalue weighted by Gasteiger charge is -2.44. The van der Waals surface area contributed by atoms with Crippen LogP contribution in [0.1, 0.15) is 58.6 Å². The molecule has 2 aromatic carbocycles. The van der Waals surface area contributed by atoms with Crippen molar-refractivity contribution < 1.29 is 28.2 Å². The molecule has 194 valence electrons. The zero-order valence-corrected chi connectivity index (χ0v) is 21.9. The molecule has 0 spiro atoms. The van der Waals surface area contributed by atoms with Crippen LogP contribution in [0.5, 0.6) is 5.75 Å². The Morgan fingerprint density at radius 1 is 1.06 bits per heavy atom. The maximum atomic E-state index is 12.6. The number of amides is 1. The van der Waals surface area contributed by atoms with Gasteiger partial charge >= 0.3 is 6.09 Å². The minimum Gasteiger partial charge on any atom is -0.489 e. The van der Waals surface area contributed by atoms with Gasteiger partial charge in [-0.05, 0) is 77.1 Å². The van der Waals surface area contributed by atoms with Gasteiger partial charge in [0.05, 0.1) is 25.0 Å². The lowest BCUT2D eigenvalue weighted by molar-refractivity contribution is -0.271. The SMILES string of the molecule is CC(C)(C)OC(=O)NC1(CCCc2coc3cc(OCc4ccccc4)ccc23)COC(C)(C)OC1. The summed E-state index contributed by atoms with van der Waals surface area (Å²) in [5, 5.41) is 4.09. The molecule has 1 saturated heterocycles. The van der Waals surface area contributed by atoms with E-state index in [0.717, 1.165) is 40.7 Å². The Hall–Kier alpha value is -3.03. The highest BCUT2D eigenvalue weighted by Gasteiger charge is 2.41. The molecule has 7 heteroatoms. The van der Waals surface area contributed by atoms with Gasteiger partial charge in [0.25, 0.3) is 0 Å². The van der Waals surface area contributed by atoms with Gasteiger partial charge in [0.1, 0.15) is 23.5 Å². The van der Waals surface area contributed by atoms with Crippen molar-refractivity contribution in [2.45, 2.75) is 77.4 Å². The smallest absolute Gasteiger partial charge is 0.408 e. The van der Waals surface area contributed by atoms with Crippen molar-refractivity contribution in [3.63, 3.8) is 0 Å². The predicted molar refractivity (Wildman–Crippen MR) is 138 cm³/mol. The number of carbonyl (C=O) groups excluding carboxylic acids is 1. The molecule has 36 heavy (non-hydrogen) atoms. The van der Waals surface area contributed by atoms with E-state index >= 15 is 0 Å². The van der Waals surface area contributed by atoms with Crippen molar-refractivity contribution >= 4 is 17.1 Å². The van der Waals surface area contributed by atoms with E-state index in [4.69, 9.17) is 23.4 Å². The van der Waals surface area contributed by atoms with Crippen molar-refractivity contribution in [2.75, 3.05) is 13.2 Å². The molecule has 0 radical (unpaired) electrons. The van der Waals surface area contributed by atoms with Crippen LogP contribution >= 0.6 is 0 Å². The molecule has 4 rings (SSSR count). The van der Waals surface area contributed by atoms with E-state index in [-0.39, 0.29) is 0 Å². The number of benzene rings is 2. The van der Waals surface area contributed by atoms with Crippen LogP contribution in [0.15, 0.2) is 59.2 Å². The Balaban J connectivity index is 1.38. The number of hydrogen-bond acceptors (Lipinski definition) is 6. The number of ether oxygens (including phenoxy) is 4. The highest BCUT2D eigenvalue weighted by atomic mass is 16.7. The fourth-order valence-corrected chi connectivity index (χ4v) is 4.21. The summed E-state index contributed by atoms with van der Waals surface area (Å²) in [7, 11) is 0. The van der Waals surface area contributed by atoms with E-state index in [1.165, 1.54) is 0 Å². The van der Waals surface area contributed by atoms with E-state index in [2.05, 4.69) is 5.32 Å². The maximum Gasteiger partial charge on any atom is 0.408 e. The third-order valence-electron chi connectivity index (χ3n) is 6.14. The molecule has 2 heterocycles. The third kappa shape index (κ3) is 7.02. The Kier molecular flexibility index (Phi) is 7.62. The lowest BCUT2D eigenvalue weighted by Crippen LogP contribution is -2.61. The van der Waals surface area contributed by atoms with Crippen LogP contribution in [0.4, 0.5) is 4.79 Å². The minimum atomic E-state index is -0.680. The second-order valence-electron chi connectivity index (χ2n) is 10.9.